The minimum absolute atomic E-state index is 0.0957. The molecular formula is C9H13F3N2O. The molecule has 86 valence electrons. The van der Waals surface area contributed by atoms with Crippen LogP contribution in [0.5, 0.6) is 0 Å². The van der Waals surface area contributed by atoms with E-state index in [0.717, 1.165) is 5.69 Å². The molecule has 0 aromatic carbocycles. The molecule has 0 atom stereocenters. The zero-order valence-corrected chi connectivity index (χ0v) is 8.42. The van der Waals surface area contributed by atoms with E-state index < -0.39 is 12.8 Å². The molecule has 3 nitrogen and oxygen atoms in total. The molecule has 0 bridgehead atoms. The zero-order chi connectivity index (χ0) is 11.3. The maximum absolute atomic E-state index is 11.7. The lowest BCUT2D eigenvalue weighted by atomic mass is 10.4. The largest absolute Gasteiger partial charge is 0.411 e. The van der Waals surface area contributed by atoms with Gasteiger partial charge in [-0.3, -0.25) is 4.68 Å². The van der Waals surface area contributed by atoms with Crippen molar-refractivity contribution in [3.05, 3.63) is 18.0 Å². The summed E-state index contributed by atoms with van der Waals surface area (Å²) >= 11 is 0. The quantitative estimate of drug-likeness (QED) is 0.714. The van der Waals surface area contributed by atoms with Gasteiger partial charge in [-0.1, -0.05) is 0 Å². The summed E-state index contributed by atoms with van der Waals surface area (Å²) in [4.78, 5) is 0. The van der Waals surface area contributed by atoms with Gasteiger partial charge in [-0.2, -0.15) is 18.3 Å². The fourth-order valence-electron chi connectivity index (χ4n) is 1.10. The van der Waals surface area contributed by atoms with Crippen molar-refractivity contribution in [2.24, 2.45) is 0 Å². The first-order valence-corrected chi connectivity index (χ1v) is 4.62. The number of nitrogens with zero attached hydrogens (tertiary/aromatic N) is 2. The van der Waals surface area contributed by atoms with Crippen LogP contribution in [0.2, 0.25) is 0 Å². The molecule has 1 aromatic rings. The van der Waals surface area contributed by atoms with Crippen LogP contribution < -0.4 is 0 Å². The summed E-state index contributed by atoms with van der Waals surface area (Å²) in [6, 6.07) is 1.84. The highest BCUT2D eigenvalue weighted by molar-refractivity contribution is 4.94. The second-order valence-corrected chi connectivity index (χ2v) is 3.24. The Morgan fingerprint density at radius 3 is 2.73 bits per heavy atom. The second kappa shape index (κ2) is 5.16. The lowest BCUT2D eigenvalue weighted by Crippen LogP contribution is -2.17. The number of ether oxygens (including phenoxy) is 1. The molecule has 0 aliphatic carbocycles. The highest BCUT2D eigenvalue weighted by Gasteiger charge is 2.27. The van der Waals surface area contributed by atoms with Crippen molar-refractivity contribution in [2.75, 3.05) is 13.2 Å². The standard InChI is InChI=1S/C9H13F3N2O/c1-8-3-5-14(13-8)4-2-6-15-7-9(10,11)12/h3,5H,2,4,6-7H2,1H3. The number of hydrogen-bond acceptors (Lipinski definition) is 2. The Morgan fingerprint density at radius 1 is 1.47 bits per heavy atom. The highest BCUT2D eigenvalue weighted by Crippen LogP contribution is 2.14. The van der Waals surface area contributed by atoms with Crippen molar-refractivity contribution in [3.63, 3.8) is 0 Å². The van der Waals surface area contributed by atoms with Gasteiger partial charge < -0.3 is 4.74 Å². The van der Waals surface area contributed by atoms with Crippen LogP contribution in [0.1, 0.15) is 12.1 Å². The molecule has 0 saturated heterocycles. The lowest BCUT2D eigenvalue weighted by molar-refractivity contribution is -0.174. The van der Waals surface area contributed by atoms with Gasteiger partial charge in [-0.15, -0.1) is 0 Å². The van der Waals surface area contributed by atoms with Crippen molar-refractivity contribution < 1.29 is 17.9 Å². The van der Waals surface area contributed by atoms with Gasteiger partial charge in [0.25, 0.3) is 0 Å². The first-order valence-electron chi connectivity index (χ1n) is 4.62. The van der Waals surface area contributed by atoms with E-state index in [1.54, 1.807) is 10.9 Å². The van der Waals surface area contributed by atoms with E-state index >= 15 is 0 Å². The topological polar surface area (TPSA) is 27.1 Å². The molecule has 0 unspecified atom stereocenters. The Labute approximate surface area is 85.8 Å². The number of hydrogen-bond donors (Lipinski definition) is 0. The van der Waals surface area contributed by atoms with Gasteiger partial charge in [0.2, 0.25) is 0 Å². The number of aromatic nitrogens is 2. The van der Waals surface area contributed by atoms with Crippen LogP contribution >= 0.6 is 0 Å². The first-order chi connectivity index (χ1) is 6.97. The molecule has 1 rings (SSSR count). The summed E-state index contributed by atoms with van der Waals surface area (Å²) in [5.41, 5.74) is 0.895. The van der Waals surface area contributed by atoms with Crippen LogP contribution in [0, 0.1) is 6.92 Å². The molecular weight excluding hydrogens is 209 g/mol. The Kier molecular flexibility index (Phi) is 4.14. The van der Waals surface area contributed by atoms with Crippen LogP contribution in [0.15, 0.2) is 12.3 Å². The third kappa shape index (κ3) is 5.41. The van der Waals surface area contributed by atoms with E-state index in [1.807, 2.05) is 13.0 Å². The third-order valence-corrected chi connectivity index (χ3v) is 1.72. The summed E-state index contributed by atoms with van der Waals surface area (Å²) in [6.45, 7) is 1.35. The Bertz CT molecular complexity index is 296. The van der Waals surface area contributed by atoms with Gasteiger partial charge in [-0.05, 0) is 19.4 Å². The van der Waals surface area contributed by atoms with Crippen LogP contribution in [0.4, 0.5) is 13.2 Å². The molecule has 1 aromatic heterocycles. The highest BCUT2D eigenvalue weighted by atomic mass is 19.4. The van der Waals surface area contributed by atoms with Gasteiger partial charge in [0.1, 0.15) is 6.61 Å². The molecule has 0 aliphatic heterocycles. The van der Waals surface area contributed by atoms with Gasteiger partial charge in [0.15, 0.2) is 0 Å². The van der Waals surface area contributed by atoms with E-state index in [1.165, 1.54) is 0 Å². The smallest absolute Gasteiger partial charge is 0.372 e. The fourth-order valence-corrected chi connectivity index (χ4v) is 1.10. The minimum Gasteiger partial charge on any atom is -0.372 e. The molecule has 0 aliphatic rings. The number of halogens is 3. The van der Waals surface area contributed by atoms with Crippen molar-refractivity contribution in [3.8, 4) is 0 Å². The third-order valence-electron chi connectivity index (χ3n) is 1.72. The number of rotatable bonds is 5. The molecule has 0 N–H and O–H groups in total. The van der Waals surface area contributed by atoms with E-state index in [-0.39, 0.29) is 6.61 Å². The van der Waals surface area contributed by atoms with E-state index in [2.05, 4.69) is 9.84 Å². The normalized spacial score (nSPS) is 12.0. The Balaban J connectivity index is 2.07. The van der Waals surface area contributed by atoms with Crippen molar-refractivity contribution in [1.82, 2.24) is 9.78 Å². The van der Waals surface area contributed by atoms with Crippen LogP contribution in [-0.2, 0) is 11.3 Å². The predicted octanol–water partition coefficient (Wildman–Crippen LogP) is 2.16. The van der Waals surface area contributed by atoms with Crippen molar-refractivity contribution in [1.29, 1.82) is 0 Å². The Hall–Kier alpha value is -1.04. The average Bonchev–Trinajstić information content (AvgIpc) is 2.49. The maximum atomic E-state index is 11.7. The van der Waals surface area contributed by atoms with E-state index in [4.69, 9.17) is 0 Å². The van der Waals surface area contributed by atoms with Gasteiger partial charge in [0, 0.05) is 19.3 Å². The fraction of sp³-hybridized carbons (Fsp3) is 0.667. The van der Waals surface area contributed by atoms with Gasteiger partial charge in [-0.25, -0.2) is 0 Å². The summed E-state index contributed by atoms with van der Waals surface area (Å²) in [5, 5.41) is 4.10. The molecule has 1 heterocycles. The zero-order valence-electron chi connectivity index (χ0n) is 8.42. The lowest BCUT2D eigenvalue weighted by Gasteiger charge is -2.07. The van der Waals surface area contributed by atoms with Crippen LogP contribution in [-0.4, -0.2) is 29.2 Å². The van der Waals surface area contributed by atoms with E-state index in [9.17, 15) is 13.2 Å². The number of alkyl halides is 3. The average molecular weight is 222 g/mol. The molecule has 15 heavy (non-hydrogen) atoms. The van der Waals surface area contributed by atoms with Gasteiger partial charge >= 0.3 is 6.18 Å². The summed E-state index contributed by atoms with van der Waals surface area (Å²) in [7, 11) is 0. The molecule has 6 heteroatoms. The monoisotopic (exact) mass is 222 g/mol. The van der Waals surface area contributed by atoms with Crippen molar-refractivity contribution >= 4 is 0 Å². The van der Waals surface area contributed by atoms with Crippen molar-refractivity contribution in [2.45, 2.75) is 26.1 Å². The summed E-state index contributed by atoms with van der Waals surface area (Å²) in [5.74, 6) is 0. The maximum Gasteiger partial charge on any atom is 0.411 e. The summed E-state index contributed by atoms with van der Waals surface area (Å²) < 4.78 is 41.1. The molecule has 0 amide bonds. The summed E-state index contributed by atoms with van der Waals surface area (Å²) in [6.07, 6.45) is -1.92. The molecule has 0 fully saturated rings. The predicted molar refractivity (Wildman–Crippen MR) is 48.5 cm³/mol. The number of aryl methyl sites for hydroxylation is 2. The minimum atomic E-state index is -4.23. The second-order valence-electron chi connectivity index (χ2n) is 3.24. The SMILES string of the molecule is Cc1ccn(CCCOCC(F)(F)F)n1. The Morgan fingerprint density at radius 2 is 2.20 bits per heavy atom. The molecule has 0 saturated carbocycles. The van der Waals surface area contributed by atoms with Gasteiger partial charge in [0.05, 0.1) is 5.69 Å². The molecule has 0 spiro atoms. The molecule has 0 radical (unpaired) electrons. The van der Waals surface area contributed by atoms with E-state index in [0.29, 0.717) is 13.0 Å². The van der Waals surface area contributed by atoms with Crippen LogP contribution in [0.3, 0.4) is 0 Å². The first kappa shape index (κ1) is 12.0. The van der Waals surface area contributed by atoms with Crippen LogP contribution in [0.25, 0.3) is 0 Å².